The Labute approximate surface area is 122 Å². The zero-order valence-corrected chi connectivity index (χ0v) is 11.3. The fraction of sp³-hybridized carbons (Fsp3) is 0.286. The van der Waals surface area contributed by atoms with E-state index in [4.69, 9.17) is 4.42 Å². The van der Waals surface area contributed by atoms with Crippen molar-refractivity contribution in [3.63, 3.8) is 0 Å². The third kappa shape index (κ3) is 4.06. The van der Waals surface area contributed by atoms with Crippen molar-refractivity contribution in [1.82, 2.24) is 4.98 Å². The van der Waals surface area contributed by atoms with Crippen molar-refractivity contribution in [3.8, 4) is 0 Å². The van der Waals surface area contributed by atoms with Gasteiger partial charge in [0.15, 0.2) is 17.3 Å². The van der Waals surface area contributed by atoms with Crippen LogP contribution in [0.1, 0.15) is 18.7 Å². The van der Waals surface area contributed by atoms with Gasteiger partial charge in [-0.15, -0.1) is 0 Å². The second-order valence-electron chi connectivity index (χ2n) is 4.57. The summed E-state index contributed by atoms with van der Waals surface area (Å²) < 4.78 is 55.2. The van der Waals surface area contributed by atoms with Gasteiger partial charge in [0.2, 0.25) is 5.91 Å². The van der Waals surface area contributed by atoms with Crippen LogP contribution >= 0.6 is 0 Å². The van der Waals surface area contributed by atoms with Gasteiger partial charge < -0.3 is 9.73 Å². The minimum absolute atomic E-state index is 0.00976. The zero-order chi connectivity index (χ0) is 16.3. The van der Waals surface area contributed by atoms with Gasteiger partial charge in [-0.2, -0.15) is 13.2 Å². The molecule has 0 aliphatic carbocycles. The van der Waals surface area contributed by atoms with E-state index in [9.17, 15) is 22.4 Å². The molecule has 2 aromatic rings. The maximum atomic E-state index is 13.7. The van der Waals surface area contributed by atoms with Gasteiger partial charge in [-0.25, -0.2) is 9.37 Å². The van der Waals surface area contributed by atoms with Crippen LogP contribution in [-0.2, 0) is 11.2 Å². The number of nitrogens with one attached hydrogen (secondary N) is 1. The lowest BCUT2D eigenvalue weighted by Gasteiger charge is -2.03. The lowest BCUT2D eigenvalue weighted by Crippen LogP contribution is -2.08. The maximum Gasteiger partial charge on any atom is 0.389 e. The standard InChI is InChI=1S/C14H12F4N2O2/c1-2-12(21)19-9-7-10-11(6-8(9)15)22-13(20-10)4-3-5-14(16,17)18/h2,6-7H,1,3-5H2,(H,19,21). The molecule has 2 rings (SSSR count). The smallest absolute Gasteiger partial charge is 0.389 e. The first-order chi connectivity index (χ1) is 10.3. The number of rotatable bonds is 5. The lowest BCUT2D eigenvalue weighted by atomic mass is 10.2. The monoisotopic (exact) mass is 316 g/mol. The number of fused-ring (bicyclic) bond motifs is 1. The highest BCUT2D eigenvalue weighted by molar-refractivity contribution is 6.00. The van der Waals surface area contributed by atoms with E-state index in [0.717, 1.165) is 12.1 Å². The number of aromatic nitrogens is 1. The average Bonchev–Trinajstić information content (AvgIpc) is 2.79. The van der Waals surface area contributed by atoms with Crippen LogP contribution in [0.2, 0.25) is 0 Å². The average molecular weight is 316 g/mol. The van der Waals surface area contributed by atoms with E-state index in [1.165, 1.54) is 6.07 Å². The molecule has 1 aromatic heterocycles. The van der Waals surface area contributed by atoms with Crippen molar-refractivity contribution in [2.24, 2.45) is 0 Å². The Balaban J connectivity index is 2.16. The van der Waals surface area contributed by atoms with Crippen molar-refractivity contribution >= 4 is 22.7 Å². The van der Waals surface area contributed by atoms with Crippen LogP contribution in [0.15, 0.2) is 29.2 Å². The molecular formula is C14H12F4N2O2. The molecule has 8 heteroatoms. The number of carbonyl (C=O) groups is 1. The summed E-state index contributed by atoms with van der Waals surface area (Å²) in [4.78, 5) is 15.2. The summed E-state index contributed by atoms with van der Waals surface area (Å²) in [5.41, 5.74) is 0.256. The highest BCUT2D eigenvalue weighted by Crippen LogP contribution is 2.26. The topological polar surface area (TPSA) is 55.1 Å². The van der Waals surface area contributed by atoms with Crippen molar-refractivity contribution in [2.75, 3.05) is 5.32 Å². The second-order valence-corrected chi connectivity index (χ2v) is 4.57. The van der Waals surface area contributed by atoms with Gasteiger partial charge in [0.1, 0.15) is 5.52 Å². The maximum absolute atomic E-state index is 13.7. The minimum atomic E-state index is -4.24. The van der Waals surface area contributed by atoms with Crippen LogP contribution in [0, 0.1) is 5.82 Å². The largest absolute Gasteiger partial charge is 0.441 e. The highest BCUT2D eigenvalue weighted by atomic mass is 19.4. The first-order valence-electron chi connectivity index (χ1n) is 6.37. The molecule has 0 aliphatic rings. The lowest BCUT2D eigenvalue weighted by molar-refractivity contribution is -0.135. The number of anilines is 1. The summed E-state index contributed by atoms with van der Waals surface area (Å²) in [6.07, 6.45) is -4.38. The third-order valence-electron chi connectivity index (χ3n) is 2.82. The van der Waals surface area contributed by atoms with Crippen LogP contribution in [0.25, 0.3) is 11.1 Å². The number of benzene rings is 1. The molecule has 1 N–H and O–H groups in total. The molecule has 0 unspecified atom stereocenters. The van der Waals surface area contributed by atoms with Gasteiger partial charge in [-0.3, -0.25) is 4.79 Å². The number of halogens is 4. The summed E-state index contributed by atoms with van der Waals surface area (Å²) in [5.74, 6) is -1.24. The van der Waals surface area contributed by atoms with Gasteiger partial charge >= 0.3 is 6.18 Å². The quantitative estimate of drug-likeness (QED) is 0.670. The number of alkyl halides is 3. The van der Waals surface area contributed by atoms with Crippen LogP contribution in [0.5, 0.6) is 0 Å². The SMILES string of the molecule is C=CC(=O)Nc1cc2nc(CCCC(F)(F)F)oc2cc1F. The molecule has 0 aliphatic heterocycles. The molecule has 0 saturated heterocycles. The molecule has 1 amide bonds. The Kier molecular flexibility index (Phi) is 4.48. The molecule has 22 heavy (non-hydrogen) atoms. The highest BCUT2D eigenvalue weighted by Gasteiger charge is 2.26. The van der Waals surface area contributed by atoms with Gasteiger partial charge in [0.25, 0.3) is 0 Å². The first-order valence-corrected chi connectivity index (χ1v) is 6.37. The number of amides is 1. The van der Waals surface area contributed by atoms with Crippen LogP contribution in [-0.4, -0.2) is 17.1 Å². The van der Waals surface area contributed by atoms with Crippen LogP contribution in [0.3, 0.4) is 0 Å². The zero-order valence-electron chi connectivity index (χ0n) is 11.3. The Bertz CT molecular complexity index is 707. The molecule has 4 nitrogen and oxygen atoms in total. The van der Waals surface area contributed by atoms with E-state index in [1.54, 1.807) is 0 Å². The number of hydrogen-bond donors (Lipinski definition) is 1. The van der Waals surface area contributed by atoms with E-state index < -0.39 is 24.3 Å². The fourth-order valence-electron chi connectivity index (χ4n) is 1.82. The van der Waals surface area contributed by atoms with Gasteiger partial charge in [-0.05, 0) is 18.6 Å². The number of carbonyl (C=O) groups excluding carboxylic acids is 1. The summed E-state index contributed by atoms with van der Waals surface area (Å²) in [6, 6.07) is 2.27. The Morgan fingerprint density at radius 1 is 1.41 bits per heavy atom. The van der Waals surface area contributed by atoms with Crippen LogP contribution in [0.4, 0.5) is 23.2 Å². The van der Waals surface area contributed by atoms with Crippen molar-refractivity contribution < 1.29 is 26.8 Å². The molecule has 1 heterocycles. The molecule has 0 fully saturated rings. The molecular weight excluding hydrogens is 304 g/mol. The molecule has 1 aromatic carbocycles. The van der Waals surface area contributed by atoms with Crippen LogP contribution < -0.4 is 5.32 Å². The second kappa shape index (κ2) is 6.17. The van der Waals surface area contributed by atoms with E-state index in [-0.39, 0.29) is 35.5 Å². The summed E-state index contributed by atoms with van der Waals surface area (Å²) >= 11 is 0. The normalized spacial score (nSPS) is 11.6. The Morgan fingerprint density at radius 3 is 2.77 bits per heavy atom. The molecule has 0 bridgehead atoms. The van der Waals surface area contributed by atoms with Crippen molar-refractivity contribution in [1.29, 1.82) is 0 Å². The molecule has 0 saturated carbocycles. The molecule has 118 valence electrons. The summed E-state index contributed by atoms with van der Waals surface area (Å²) in [6.45, 7) is 3.25. The Morgan fingerprint density at radius 2 is 2.14 bits per heavy atom. The van der Waals surface area contributed by atoms with Crippen molar-refractivity contribution in [3.05, 3.63) is 36.5 Å². The predicted molar refractivity (Wildman–Crippen MR) is 71.8 cm³/mol. The fourth-order valence-corrected chi connectivity index (χ4v) is 1.82. The first kappa shape index (κ1) is 16.0. The summed E-state index contributed by atoms with van der Waals surface area (Å²) in [7, 11) is 0. The van der Waals surface area contributed by atoms with Gasteiger partial charge in [-0.1, -0.05) is 6.58 Å². The minimum Gasteiger partial charge on any atom is -0.441 e. The van der Waals surface area contributed by atoms with E-state index in [0.29, 0.717) is 0 Å². The predicted octanol–water partition coefficient (Wildman–Crippen LogP) is 3.98. The molecule has 0 spiro atoms. The van der Waals surface area contributed by atoms with Gasteiger partial charge in [0.05, 0.1) is 5.69 Å². The number of nitrogens with zero attached hydrogens (tertiary/aromatic N) is 1. The molecule has 0 radical (unpaired) electrons. The number of hydrogen-bond acceptors (Lipinski definition) is 3. The number of oxazole rings is 1. The number of aryl methyl sites for hydroxylation is 1. The molecule has 0 atom stereocenters. The van der Waals surface area contributed by atoms with Crippen molar-refractivity contribution in [2.45, 2.75) is 25.4 Å². The van der Waals surface area contributed by atoms with E-state index in [1.807, 2.05) is 0 Å². The van der Waals surface area contributed by atoms with E-state index in [2.05, 4.69) is 16.9 Å². The Hall–Kier alpha value is -2.38. The third-order valence-corrected chi connectivity index (χ3v) is 2.82. The van der Waals surface area contributed by atoms with Gasteiger partial charge in [0, 0.05) is 18.9 Å². The van der Waals surface area contributed by atoms with E-state index >= 15 is 0 Å². The summed E-state index contributed by atoms with van der Waals surface area (Å²) in [5, 5.41) is 2.26.